The molecule has 0 saturated carbocycles. The average Bonchev–Trinajstić information content (AvgIpc) is 2.89. The monoisotopic (exact) mass is 419 g/mol. The highest BCUT2D eigenvalue weighted by molar-refractivity contribution is 7.92. The predicted molar refractivity (Wildman–Crippen MR) is 114 cm³/mol. The number of sulfonamides is 1. The molecule has 3 rings (SSSR count). The predicted octanol–water partition coefficient (Wildman–Crippen LogP) is 2.70. The summed E-state index contributed by atoms with van der Waals surface area (Å²) in [6, 6.07) is 11.1. The van der Waals surface area contributed by atoms with Gasteiger partial charge in [-0.15, -0.1) is 0 Å². The Balaban J connectivity index is 1.89. The molecular weight excluding hydrogens is 398 g/mol. The number of nitrogens with one attached hydrogen (secondary N) is 1. The van der Waals surface area contributed by atoms with Gasteiger partial charge in [-0.3, -0.25) is 13.9 Å². The molecule has 0 saturated heterocycles. The molecule has 0 bridgehead atoms. The third-order valence-electron chi connectivity index (χ3n) is 4.44. The molecule has 0 radical (unpaired) electrons. The number of nitrogens with zero attached hydrogens (tertiary/aromatic N) is 2. The number of fused-ring (bicyclic) bond motifs is 1. The van der Waals surface area contributed by atoms with Gasteiger partial charge < -0.3 is 9.88 Å². The van der Waals surface area contributed by atoms with Gasteiger partial charge in [-0.1, -0.05) is 29.0 Å². The highest BCUT2D eigenvalue weighted by Crippen LogP contribution is 2.24. The topological polar surface area (TPSA) is 88.5 Å². The average molecular weight is 420 g/mol. The first-order valence-electron chi connectivity index (χ1n) is 8.54. The molecule has 1 N–H and O–H groups in total. The molecule has 28 heavy (non-hydrogen) atoms. The van der Waals surface area contributed by atoms with Crippen LogP contribution in [0.1, 0.15) is 12.5 Å². The molecule has 0 fully saturated rings. The van der Waals surface area contributed by atoms with Crippen LogP contribution in [0.25, 0.3) is 10.2 Å². The van der Waals surface area contributed by atoms with Gasteiger partial charge in [-0.05, 0) is 44.2 Å². The van der Waals surface area contributed by atoms with Crippen LogP contribution in [-0.4, -0.2) is 31.2 Å². The molecule has 3 aromatic rings. The van der Waals surface area contributed by atoms with Gasteiger partial charge in [-0.25, -0.2) is 8.42 Å². The number of rotatable bonds is 5. The van der Waals surface area contributed by atoms with Crippen molar-refractivity contribution < 1.29 is 13.2 Å². The largest absolute Gasteiger partial charge is 0.324 e. The highest BCUT2D eigenvalue weighted by Gasteiger charge is 2.29. The van der Waals surface area contributed by atoms with Crippen LogP contribution in [0, 0.1) is 6.92 Å². The number of benzene rings is 2. The molecule has 0 aliphatic heterocycles. The Morgan fingerprint density at radius 3 is 2.43 bits per heavy atom. The number of hydrogen-bond acceptors (Lipinski definition) is 5. The first-order valence-corrected chi connectivity index (χ1v) is 11.2. The minimum atomic E-state index is -3.67. The van der Waals surface area contributed by atoms with E-state index in [0.717, 1.165) is 37.7 Å². The van der Waals surface area contributed by atoms with Crippen molar-refractivity contribution in [2.45, 2.75) is 19.9 Å². The van der Waals surface area contributed by atoms with Crippen LogP contribution in [0.4, 0.5) is 11.4 Å². The van der Waals surface area contributed by atoms with E-state index in [-0.39, 0.29) is 4.87 Å². The van der Waals surface area contributed by atoms with Gasteiger partial charge in [0, 0.05) is 12.7 Å². The number of anilines is 2. The van der Waals surface area contributed by atoms with E-state index in [1.54, 1.807) is 49.5 Å². The van der Waals surface area contributed by atoms with E-state index in [2.05, 4.69) is 5.32 Å². The summed E-state index contributed by atoms with van der Waals surface area (Å²) in [5.74, 6) is -0.464. The molecule has 1 amide bonds. The van der Waals surface area contributed by atoms with Crippen LogP contribution in [0.2, 0.25) is 0 Å². The van der Waals surface area contributed by atoms with E-state index in [1.807, 2.05) is 6.92 Å². The number of carbonyl (C=O) groups is 1. The molecular formula is C19H21N3O4S2. The van der Waals surface area contributed by atoms with Crippen LogP contribution in [0.3, 0.4) is 0 Å². The third-order valence-corrected chi connectivity index (χ3v) is 6.67. The fourth-order valence-corrected chi connectivity index (χ4v) is 5.05. The van der Waals surface area contributed by atoms with E-state index >= 15 is 0 Å². The van der Waals surface area contributed by atoms with Crippen molar-refractivity contribution in [2.75, 3.05) is 15.9 Å². The summed E-state index contributed by atoms with van der Waals surface area (Å²) in [6.07, 6.45) is 1.07. The number of carbonyl (C=O) groups excluding carboxylic acids is 1. The number of amides is 1. The van der Waals surface area contributed by atoms with Crippen LogP contribution in [0.15, 0.2) is 47.3 Å². The zero-order valence-corrected chi connectivity index (χ0v) is 17.6. The summed E-state index contributed by atoms with van der Waals surface area (Å²) in [6.45, 7) is 3.44. The Kier molecular flexibility index (Phi) is 5.31. The first-order chi connectivity index (χ1) is 13.1. The normalized spacial score (nSPS) is 12.7. The van der Waals surface area contributed by atoms with Crippen molar-refractivity contribution in [1.29, 1.82) is 0 Å². The maximum atomic E-state index is 12.8. The minimum absolute atomic E-state index is 0.0885. The smallest absolute Gasteiger partial charge is 0.307 e. The van der Waals surface area contributed by atoms with Crippen LogP contribution >= 0.6 is 11.3 Å². The van der Waals surface area contributed by atoms with Gasteiger partial charge in [0.05, 0.1) is 22.2 Å². The van der Waals surface area contributed by atoms with Crippen LogP contribution < -0.4 is 14.5 Å². The molecule has 2 aromatic carbocycles. The van der Waals surface area contributed by atoms with Crippen molar-refractivity contribution in [1.82, 2.24) is 4.57 Å². The lowest BCUT2D eigenvalue weighted by Crippen LogP contribution is -2.45. The van der Waals surface area contributed by atoms with E-state index in [9.17, 15) is 18.0 Å². The lowest BCUT2D eigenvalue weighted by molar-refractivity contribution is -0.116. The van der Waals surface area contributed by atoms with Crippen LogP contribution in [-0.2, 0) is 21.9 Å². The number of thiazole rings is 1. The fraction of sp³-hybridized carbons (Fsp3) is 0.263. The molecule has 0 spiro atoms. The molecule has 9 heteroatoms. The van der Waals surface area contributed by atoms with E-state index in [0.29, 0.717) is 11.4 Å². The van der Waals surface area contributed by atoms with E-state index in [1.165, 1.54) is 11.5 Å². The van der Waals surface area contributed by atoms with Gasteiger partial charge >= 0.3 is 4.87 Å². The Hall–Kier alpha value is -2.65. The second-order valence-corrected chi connectivity index (χ2v) is 9.52. The maximum absolute atomic E-state index is 12.8. The number of aromatic nitrogens is 1. The molecule has 148 valence electrons. The third kappa shape index (κ3) is 3.95. The number of aryl methyl sites for hydroxylation is 2. The second-order valence-electron chi connectivity index (χ2n) is 6.67. The second kappa shape index (κ2) is 7.40. The SMILES string of the molecule is Cc1ccc(N([C@@H](C)C(=O)Nc2ccc3c(c2)sc(=O)n3C)S(C)(=O)=O)cc1. The van der Waals surface area contributed by atoms with Gasteiger partial charge in [0.2, 0.25) is 15.9 Å². The van der Waals surface area contributed by atoms with Crippen molar-refractivity contribution in [3.05, 3.63) is 57.7 Å². The summed E-state index contributed by atoms with van der Waals surface area (Å²) in [7, 11) is -1.99. The first kappa shape index (κ1) is 20.1. The van der Waals surface area contributed by atoms with Gasteiger partial charge in [0.15, 0.2) is 0 Å². The fourth-order valence-electron chi connectivity index (χ4n) is 2.96. The molecule has 0 aliphatic rings. The van der Waals surface area contributed by atoms with E-state index < -0.39 is 22.0 Å². The van der Waals surface area contributed by atoms with Crippen molar-refractivity contribution in [3.8, 4) is 0 Å². The summed E-state index contributed by atoms with van der Waals surface area (Å²) in [4.78, 5) is 24.5. The van der Waals surface area contributed by atoms with Gasteiger partial charge in [0.1, 0.15) is 6.04 Å². The Morgan fingerprint density at radius 1 is 1.18 bits per heavy atom. The molecule has 0 aliphatic carbocycles. The zero-order valence-electron chi connectivity index (χ0n) is 16.0. The number of hydrogen-bond donors (Lipinski definition) is 1. The Morgan fingerprint density at radius 2 is 1.82 bits per heavy atom. The molecule has 1 atom stereocenters. The Labute approximate surface area is 167 Å². The highest BCUT2D eigenvalue weighted by atomic mass is 32.2. The lowest BCUT2D eigenvalue weighted by Gasteiger charge is -2.28. The molecule has 1 aromatic heterocycles. The summed E-state index contributed by atoms with van der Waals surface area (Å²) >= 11 is 1.09. The quantitative estimate of drug-likeness (QED) is 0.689. The van der Waals surface area contributed by atoms with E-state index in [4.69, 9.17) is 0 Å². The summed E-state index contributed by atoms with van der Waals surface area (Å²) in [5, 5.41) is 2.75. The standard InChI is InChI=1S/C19H21N3O4S2/c1-12-5-8-15(9-6-12)22(28(4,25)26)13(2)18(23)20-14-7-10-16-17(11-14)27-19(24)21(16)3/h5-11,13H,1-4H3,(H,20,23)/t13-/m0/s1. The van der Waals surface area contributed by atoms with Crippen LogP contribution in [0.5, 0.6) is 0 Å². The summed E-state index contributed by atoms with van der Waals surface area (Å²) in [5.41, 5.74) is 2.69. The minimum Gasteiger partial charge on any atom is -0.324 e. The summed E-state index contributed by atoms with van der Waals surface area (Å²) < 4.78 is 28.1. The molecule has 7 nitrogen and oxygen atoms in total. The molecule has 0 unspecified atom stereocenters. The lowest BCUT2D eigenvalue weighted by atomic mass is 10.2. The van der Waals surface area contributed by atoms with Gasteiger partial charge in [-0.2, -0.15) is 0 Å². The van der Waals surface area contributed by atoms with Crippen molar-refractivity contribution >= 4 is 48.9 Å². The van der Waals surface area contributed by atoms with Crippen molar-refractivity contribution in [3.63, 3.8) is 0 Å². The zero-order chi connectivity index (χ0) is 20.6. The molecule has 1 heterocycles. The van der Waals surface area contributed by atoms with Gasteiger partial charge in [0.25, 0.3) is 0 Å². The maximum Gasteiger partial charge on any atom is 0.307 e. The van der Waals surface area contributed by atoms with Crippen molar-refractivity contribution in [2.24, 2.45) is 7.05 Å². The Bertz CT molecular complexity index is 1190.